The Hall–Kier alpha value is -0.770. The third kappa shape index (κ3) is 2.25. The Balaban J connectivity index is 1.88. The largest absolute Gasteiger partial charge is 0.453 e. The summed E-state index contributed by atoms with van der Waals surface area (Å²) in [5, 5.41) is 3.47. The molecule has 2 heterocycles. The van der Waals surface area contributed by atoms with E-state index in [2.05, 4.69) is 5.32 Å². The lowest BCUT2D eigenvalue weighted by molar-refractivity contribution is 0.0642. The van der Waals surface area contributed by atoms with E-state index in [1.807, 2.05) is 4.90 Å². The summed E-state index contributed by atoms with van der Waals surface area (Å²) in [6, 6.07) is 0. The van der Waals surface area contributed by atoms with Crippen LogP contribution in [0.5, 0.6) is 0 Å². The Morgan fingerprint density at radius 2 is 2.07 bits per heavy atom. The Morgan fingerprint density at radius 1 is 1.33 bits per heavy atom. The van der Waals surface area contributed by atoms with Gasteiger partial charge in [-0.25, -0.2) is 4.79 Å². The van der Waals surface area contributed by atoms with Gasteiger partial charge >= 0.3 is 6.09 Å². The van der Waals surface area contributed by atoms with Crippen LogP contribution in [0.4, 0.5) is 4.79 Å². The van der Waals surface area contributed by atoms with E-state index >= 15 is 0 Å². The molecule has 0 saturated carbocycles. The number of amides is 1. The minimum atomic E-state index is -0.173. The van der Waals surface area contributed by atoms with E-state index in [1.54, 1.807) is 0 Å². The smallest absolute Gasteiger partial charge is 0.409 e. The first-order valence-corrected chi connectivity index (χ1v) is 5.79. The number of hydrogen-bond donors (Lipinski definition) is 1. The highest BCUT2D eigenvalue weighted by atomic mass is 16.5. The summed E-state index contributed by atoms with van der Waals surface area (Å²) in [5.74, 6) is 0. The van der Waals surface area contributed by atoms with Crippen LogP contribution in [0.1, 0.15) is 25.7 Å². The number of rotatable bonds is 0. The van der Waals surface area contributed by atoms with Crippen molar-refractivity contribution in [2.45, 2.75) is 25.7 Å². The van der Waals surface area contributed by atoms with Gasteiger partial charge in [0, 0.05) is 19.6 Å². The van der Waals surface area contributed by atoms with E-state index in [0.717, 1.165) is 39.0 Å². The fraction of sp³-hybridized carbons (Fsp3) is 0.909. The fourth-order valence-corrected chi connectivity index (χ4v) is 2.75. The molecule has 0 aromatic carbocycles. The molecular formula is C11H20N2O2. The molecule has 0 aliphatic carbocycles. The molecule has 0 aromatic rings. The first-order valence-electron chi connectivity index (χ1n) is 5.79. The van der Waals surface area contributed by atoms with Gasteiger partial charge in [0.25, 0.3) is 0 Å². The summed E-state index contributed by atoms with van der Waals surface area (Å²) in [6.07, 6.45) is 4.66. The summed E-state index contributed by atoms with van der Waals surface area (Å²) in [4.78, 5) is 13.1. The van der Waals surface area contributed by atoms with E-state index in [-0.39, 0.29) is 6.09 Å². The highest BCUT2D eigenvalue weighted by molar-refractivity contribution is 5.67. The zero-order valence-corrected chi connectivity index (χ0v) is 9.42. The topological polar surface area (TPSA) is 41.6 Å². The quantitative estimate of drug-likeness (QED) is 0.656. The van der Waals surface area contributed by atoms with Crippen LogP contribution in [0, 0.1) is 5.41 Å². The summed E-state index contributed by atoms with van der Waals surface area (Å²) < 4.78 is 4.74. The number of nitrogens with zero attached hydrogens (tertiary/aromatic N) is 1. The number of carbonyl (C=O) groups is 1. The lowest BCUT2D eigenvalue weighted by Crippen LogP contribution is -2.49. The van der Waals surface area contributed by atoms with Crippen LogP contribution in [0.25, 0.3) is 0 Å². The summed E-state index contributed by atoms with van der Waals surface area (Å²) in [5.41, 5.74) is 0.461. The minimum Gasteiger partial charge on any atom is -0.453 e. The van der Waals surface area contributed by atoms with E-state index in [4.69, 9.17) is 4.74 Å². The number of likely N-dealkylation sites (tertiary alicyclic amines) is 1. The summed E-state index contributed by atoms with van der Waals surface area (Å²) in [6.45, 7) is 3.99. The maximum absolute atomic E-state index is 11.3. The van der Waals surface area contributed by atoms with Gasteiger partial charge in [-0.3, -0.25) is 0 Å². The van der Waals surface area contributed by atoms with Crippen LogP contribution in [0.3, 0.4) is 0 Å². The Bertz CT molecular complexity index is 227. The van der Waals surface area contributed by atoms with Crippen molar-refractivity contribution in [1.29, 1.82) is 0 Å². The average molecular weight is 212 g/mol. The van der Waals surface area contributed by atoms with Gasteiger partial charge in [-0.2, -0.15) is 0 Å². The van der Waals surface area contributed by atoms with Crippen LogP contribution < -0.4 is 5.32 Å². The molecule has 1 N–H and O–H groups in total. The molecule has 0 radical (unpaired) electrons. The third-order valence-electron chi connectivity index (χ3n) is 3.82. The molecule has 4 nitrogen and oxygen atoms in total. The molecule has 1 spiro atoms. The maximum atomic E-state index is 11.3. The predicted octanol–water partition coefficient (Wildman–Crippen LogP) is 1.22. The average Bonchev–Trinajstić information content (AvgIpc) is 2.30. The number of hydrogen-bond acceptors (Lipinski definition) is 3. The van der Waals surface area contributed by atoms with E-state index in [0.29, 0.717) is 5.41 Å². The molecule has 2 saturated heterocycles. The Kier molecular flexibility index (Phi) is 3.14. The molecule has 2 rings (SSSR count). The second-order valence-corrected chi connectivity index (χ2v) is 4.74. The molecular weight excluding hydrogens is 192 g/mol. The molecule has 0 unspecified atom stereocenters. The normalized spacial score (nSPS) is 25.3. The van der Waals surface area contributed by atoms with Crippen LogP contribution in [-0.2, 0) is 4.74 Å². The van der Waals surface area contributed by atoms with Gasteiger partial charge in [0.1, 0.15) is 0 Å². The number of nitrogens with one attached hydrogen (secondary N) is 1. The molecule has 0 aromatic heterocycles. The van der Waals surface area contributed by atoms with Crippen molar-refractivity contribution in [1.82, 2.24) is 10.2 Å². The molecule has 15 heavy (non-hydrogen) atoms. The van der Waals surface area contributed by atoms with Gasteiger partial charge in [-0.1, -0.05) is 0 Å². The number of methoxy groups -OCH3 is 1. The minimum absolute atomic E-state index is 0.173. The van der Waals surface area contributed by atoms with Crippen LogP contribution >= 0.6 is 0 Å². The maximum Gasteiger partial charge on any atom is 0.409 e. The van der Waals surface area contributed by atoms with Crippen molar-refractivity contribution in [3.63, 3.8) is 0 Å². The van der Waals surface area contributed by atoms with Crippen LogP contribution in [0.15, 0.2) is 0 Å². The Morgan fingerprint density at radius 3 is 2.60 bits per heavy atom. The summed E-state index contributed by atoms with van der Waals surface area (Å²) in [7, 11) is 1.45. The van der Waals surface area contributed by atoms with Gasteiger partial charge in [-0.15, -0.1) is 0 Å². The number of ether oxygens (including phenoxy) is 1. The first-order chi connectivity index (χ1) is 7.26. The first kappa shape index (κ1) is 10.7. The third-order valence-corrected chi connectivity index (χ3v) is 3.82. The monoisotopic (exact) mass is 212 g/mol. The predicted molar refractivity (Wildman–Crippen MR) is 57.7 cm³/mol. The van der Waals surface area contributed by atoms with E-state index < -0.39 is 0 Å². The zero-order valence-electron chi connectivity index (χ0n) is 9.42. The van der Waals surface area contributed by atoms with Gasteiger partial charge in [0.2, 0.25) is 0 Å². The van der Waals surface area contributed by atoms with Crippen molar-refractivity contribution in [3.05, 3.63) is 0 Å². The molecule has 0 bridgehead atoms. The van der Waals surface area contributed by atoms with E-state index in [9.17, 15) is 4.79 Å². The van der Waals surface area contributed by atoms with Crippen molar-refractivity contribution in [3.8, 4) is 0 Å². The van der Waals surface area contributed by atoms with Gasteiger partial charge in [0.05, 0.1) is 7.11 Å². The van der Waals surface area contributed by atoms with Crippen molar-refractivity contribution in [2.24, 2.45) is 5.41 Å². The van der Waals surface area contributed by atoms with Crippen molar-refractivity contribution in [2.75, 3.05) is 33.3 Å². The molecule has 0 atom stereocenters. The molecule has 2 aliphatic heterocycles. The van der Waals surface area contributed by atoms with Gasteiger partial charge < -0.3 is 15.0 Å². The number of carbonyl (C=O) groups excluding carboxylic acids is 1. The van der Waals surface area contributed by atoms with E-state index in [1.165, 1.54) is 20.0 Å². The van der Waals surface area contributed by atoms with Crippen LogP contribution in [-0.4, -0.2) is 44.3 Å². The zero-order chi connectivity index (χ0) is 10.7. The standard InChI is InChI=1S/C11H20N2O2/c1-15-10(14)13-7-4-11(5-8-13)3-2-6-12-9-11/h12H,2-9H2,1H3. The van der Waals surface area contributed by atoms with Gasteiger partial charge in [-0.05, 0) is 37.6 Å². The van der Waals surface area contributed by atoms with Crippen molar-refractivity contribution >= 4 is 6.09 Å². The summed E-state index contributed by atoms with van der Waals surface area (Å²) >= 11 is 0. The molecule has 1 amide bonds. The van der Waals surface area contributed by atoms with Crippen LogP contribution in [0.2, 0.25) is 0 Å². The molecule has 86 valence electrons. The highest BCUT2D eigenvalue weighted by Gasteiger charge is 2.36. The lowest BCUT2D eigenvalue weighted by atomic mass is 9.73. The Labute approximate surface area is 91.0 Å². The second-order valence-electron chi connectivity index (χ2n) is 4.74. The fourth-order valence-electron chi connectivity index (χ4n) is 2.75. The molecule has 2 aliphatic rings. The highest BCUT2D eigenvalue weighted by Crippen LogP contribution is 2.37. The number of piperidine rings is 2. The molecule has 2 fully saturated rings. The SMILES string of the molecule is COC(=O)N1CCC2(CCCNC2)CC1. The second kappa shape index (κ2) is 4.39. The van der Waals surface area contributed by atoms with Gasteiger partial charge in [0.15, 0.2) is 0 Å². The molecule has 4 heteroatoms. The lowest BCUT2D eigenvalue weighted by Gasteiger charge is -2.43. The van der Waals surface area contributed by atoms with Crippen molar-refractivity contribution < 1.29 is 9.53 Å².